The monoisotopic (exact) mass is 247 g/mol. The summed E-state index contributed by atoms with van der Waals surface area (Å²) in [7, 11) is 1.96. The molecular formula is C13H21N5. The second-order valence-electron chi connectivity index (χ2n) is 5.54. The normalized spacial score (nSPS) is 12.1. The number of anilines is 1. The molecule has 2 N–H and O–H groups in total. The molecule has 98 valence electrons. The van der Waals surface area contributed by atoms with Gasteiger partial charge in [0.15, 0.2) is 0 Å². The van der Waals surface area contributed by atoms with Crippen molar-refractivity contribution in [3.05, 3.63) is 18.3 Å². The van der Waals surface area contributed by atoms with Crippen LogP contribution in [0.4, 0.5) is 5.82 Å². The molecule has 2 aromatic rings. The van der Waals surface area contributed by atoms with Crippen LogP contribution in [0.5, 0.6) is 0 Å². The van der Waals surface area contributed by atoms with Gasteiger partial charge in [0.25, 0.3) is 0 Å². The highest BCUT2D eigenvalue weighted by Crippen LogP contribution is 2.30. The molecule has 0 saturated carbocycles. The van der Waals surface area contributed by atoms with Gasteiger partial charge in [-0.1, -0.05) is 20.8 Å². The van der Waals surface area contributed by atoms with Crippen molar-refractivity contribution in [3.63, 3.8) is 0 Å². The van der Waals surface area contributed by atoms with E-state index in [0.29, 0.717) is 5.82 Å². The van der Waals surface area contributed by atoms with E-state index in [4.69, 9.17) is 10.7 Å². The van der Waals surface area contributed by atoms with Crippen LogP contribution in [0.15, 0.2) is 12.5 Å². The summed E-state index contributed by atoms with van der Waals surface area (Å²) in [6.07, 6.45) is 3.62. The molecule has 0 saturated heterocycles. The largest absolute Gasteiger partial charge is 0.383 e. The van der Waals surface area contributed by atoms with Crippen molar-refractivity contribution in [3.8, 4) is 11.4 Å². The molecule has 0 bridgehead atoms. The maximum atomic E-state index is 6.17. The maximum absolute atomic E-state index is 6.17. The van der Waals surface area contributed by atoms with Crippen LogP contribution >= 0.6 is 0 Å². The molecule has 0 aliphatic carbocycles. The Kier molecular flexibility index (Phi) is 2.92. The minimum absolute atomic E-state index is 0.0296. The standard InChI is InChI=1S/C13H21N5/c1-6-18-8-15-7-9(18)10-11(14)17(5)12(16-10)13(2,3)4/h7-8H,6,14H2,1-5H3. The molecule has 0 aliphatic rings. The number of rotatable bonds is 2. The van der Waals surface area contributed by atoms with Crippen LogP contribution in [0.3, 0.4) is 0 Å². The molecule has 2 aromatic heterocycles. The lowest BCUT2D eigenvalue weighted by Crippen LogP contribution is -2.17. The molecule has 5 heteroatoms. The lowest BCUT2D eigenvalue weighted by atomic mass is 9.96. The van der Waals surface area contributed by atoms with Gasteiger partial charge in [0, 0.05) is 19.0 Å². The fourth-order valence-corrected chi connectivity index (χ4v) is 2.14. The zero-order valence-electron chi connectivity index (χ0n) is 11.7. The van der Waals surface area contributed by atoms with Crippen molar-refractivity contribution < 1.29 is 0 Å². The van der Waals surface area contributed by atoms with E-state index < -0.39 is 0 Å². The molecule has 0 aromatic carbocycles. The Bertz CT molecular complexity index is 556. The first-order valence-electron chi connectivity index (χ1n) is 6.19. The lowest BCUT2D eigenvalue weighted by molar-refractivity contribution is 0.524. The van der Waals surface area contributed by atoms with Gasteiger partial charge in [0.2, 0.25) is 0 Å². The zero-order valence-corrected chi connectivity index (χ0v) is 11.7. The summed E-state index contributed by atoms with van der Waals surface area (Å²) in [5, 5.41) is 0. The highest BCUT2D eigenvalue weighted by Gasteiger charge is 2.24. The Morgan fingerprint density at radius 1 is 1.33 bits per heavy atom. The predicted molar refractivity (Wildman–Crippen MR) is 73.2 cm³/mol. The Morgan fingerprint density at radius 3 is 2.50 bits per heavy atom. The molecule has 0 amide bonds. The highest BCUT2D eigenvalue weighted by molar-refractivity contribution is 5.68. The summed E-state index contributed by atoms with van der Waals surface area (Å²) >= 11 is 0. The molecule has 2 rings (SSSR count). The molecule has 0 spiro atoms. The minimum Gasteiger partial charge on any atom is -0.383 e. The van der Waals surface area contributed by atoms with Gasteiger partial charge in [-0.3, -0.25) is 0 Å². The van der Waals surface area contributed by atoms with Crippen LogP contribution in [0.1, 0.15) is 33.5 Å². The van der Waals surface area contributed by atoms with Crippen LogP contribution in [0.2, 0.25) is 0 Å². The molecule has 18 heavy (non-hydrogen) atoms. The van der Waals surface area contributed by atoms with Crippen LogP contribution < -0.4 is 5.73 Å². The SMILES string of the molecule is CCn1cncc1-c1nc(C(C)(C)C)n(C)c1N. The molecule has 0 radical (unpaired) electrons. The van der Waals surface area contributed by atoms with Gasteiger partial charge in [-0.15, -0.1) is 0 Å². The number of hydrogen-bond donors (Lipinski definition) is 1. The summed E-state index contributed by atoms with van der Waals surface area (Å²) in [5.41, 5.74) is 7.94. The van der Waals surface area contributed by atoms with Gasteiger partial charge < -0.3 is 14.9 Å². The van der Waals surface area contributed by atoms with E-state index in [1.807, 2.05) is 22.4 Å². The van der Waals surface area contributed by atoms with Crippen molar-refractivity contribution in [2.24, 2.45) is 7.05 Å². The molecular weight excluding hydrogens is 226 g/mol. The Hall–Kier alpha value is -1.78. The minimum atomic E-state index is -0.0296. The van der Waals surface area contributed by atoms with Crippen LogP contribution in [-0.2, 0) is 19.0 Å². The first kappa shape index (κ1) is 12.7. The number of aryl methyl sites for hydroxylation is 1. The second kappa shape index (κ2) is 4.15. The van der Waals surface area contributed by atoms with Gasteiger partial charge in [-0.2, -0.15) is 0 Å². The number of hydrogen-bond acceptors (Lipinski definition) is 3. The molecule has 0 fully saturated rings. The summed E-state index contributed by atoms with van der Waals surface area (Å²) in [6.45, 7) is 9.34. The van der Waals surface area contributed by atoms with E-state index in [9.17, 15) is 0 Å². The Labute approximate surface area is 108 Å². The maximum Gasteiger partial charge on any atom is 0.133 e. The zero-order chi connectivity index (χ0) is 13.5. The van der Waals surface area contributed by atoms with Crippen LogP contribution in [-0.4, -0.2) is 19.1 Å². The molecule has 5 nitrogen and oxygen atoms in total. The van der Waals surface area contributed by atoms with E-state index in [1.54, 1.807) is 6.33 Å². The summed E-state index contributed by atoms with van der Waals surface area (Å²) in [4.78, 5) is 8.88. The van der Waals surface area contributed by atoms with Crippen molar-refractivity contribution in [1.29, 1.82) is 0 Å². The lowest BCUT2D eigenvalue weighted by Gasteiger charge is -2.17. The number of nitrogen functional groups attached to an aromatic ring is 1. The van der Waals surface area contributed by atoms with Crippen molar-refractivity contribution in [2.75, 3.05) is 5.73 Å². The average Bonchev–Trinajstić information content (AvgIpc) is 2.84. The summed E-state index contributed by atoms with van der Waals surface area (Å²) in [6, 6.07) is 0. The molecule has 2 heterocycles. The fourth-order valence-electron chi connectivity index (χ4n) is 2.14. The number of imidazole rings is 2. The first-order valence-corrected chi connectivity index (χ1v) is 6.19. The van der Waals surface area contributed by atoms with E-state index in [2.05, 4.69) is 32.7 Å². The predicted octanol–water partition coefficient (Wildman–Crippen LogP) is 2.18. The number of nitrogens with zero attached hydrogens (tertiary/aromatic N) is 4. The van der Waals surface area contributed by atoms with E-state index in [1.165, 1.54) is 0 Å². The van der Waals surface area contributed by atoms with Gasteiger partial charge >= 0.3 is 0 Å². The van der Waals surface area contributed by atoms with Gasteiger partial charge in [0.1, 0.15) is 17.3 Å². The average molecular weight is 247 g/mol. The quantitative estimate of drug-likeness (QED) is 0.884. The molecule has 0 unspecified atom stereocenters. The second-order valence-corrected chi connectivity index (χ2v) is 5.54. The molecule has 0 aliphatic heterocycles. The third-order valence-corrected chi connectivity index (χ3v) is 3.11. The van der Waals surface area contributed by atoms with E-state index in [0.717, 1.165) is 23.8 Å². The van der Waals surface area contributed by atoms with Crippen molar-refractivity contribution >= 4 is 5.82 Å². The summed E-state index contributed by atoms with van der Waals surface area (Å²) in [5.74, 6) is 1.67. The number of aromatic nitrogens is 4. The van der Waals surface area contributed by atoms with Crippen molar-refractivity contribution in [1.82, 2.24) is 19.1 Å². The van der Waals surface area contributed by atoms with Gasteiger partial charge in [-0.05, 0) is 6.92 Å². The third kappa shape index (κ3) is 1.89. The van der Waals surface area contributed by atoms with Crippen molar-refractivity contribution in [2.45, 2.75) is 39.7 Å². The Balaban J connectivity index is 2.60. The smallest absolute Gasteiger partial charge is 0.133 e. The number of nitrogens with two attached hydrogens (primary N) is 1. The van der Waals surface area contributed by atoms with Gasteiger partial charge in [0.05, 0.1) is 18.2 Å². The third-order valence-electron chi connectivity index (χ3n) is 3.11. The Morgan fingerprint density at radius 2 is 2.00 bits per heavy atom. The highest BCUT2D eigenvalue weighted by atomic mass is 15.2. The van der Waals surface area contributed by atoms with Crippen LogP contribution in [0, 0.1) is 0 Å². The first-order chi connectivity index (χ1) is 8.36. The van der Waals surface area contributed by atoms with Crippen LogP contribution in [0.25, 0.3) is 11.4 Å². The van der Waals surface area contributed by atoms with E-state index >= 15 is 0 Å². The van der Waals surface area contributed by atoms with E-state index in [-0.39, 0.29) is 5.41 Å². The molecule has 0 atom stereocenters. The van der Waals surface area contributed by atoms with Gasteiger partial charge in [-0.25, -0.2) is 9.97 Å². The fraction of sp³-hybridized carbons (Fsp3) is 0.538. The topological polar surface area (TPSA) is 61.7 Å². The summed E-state index contributed by atoms with van der Waals surface area (Å²) < 4.78 is 4.01.